The van der Waals surface area contributed by atoms with Crippen LogP contribution in [0.2, 0.25) is 0 Å². The molecule has 0 radical (unpaired) electrons. The smallest absolute Gasteiger partial charge is 0.242 e. The molecular weight excluding hydrogens is 377 g/mol. The first-order valence-corrected chi connectivity index (χ1v) is 9.89. The molecule has 26 heavy (non-hydrogen) atoms. The number of nitrogens with zero attached hydrogens (tertiary/aromatic N) is 2. The number of anilines is 1. The van der Waals surface area contributed by atoms with E-state index >= 15 is 0 Å². The fourth-order valence-electron chi connectivity index (χ4n) is 2.28. The van der Waals surface area contributed by atoms with E-state index in [4.69, 9.17) is 0 Å². The third-order valence-electron chi connectivity index (χ3n) is 3.66. The topological polar surface area (TPSA) is 79.4 Å². The molecule has 0 saturated heterocycles. The van der Waals surface area contributed by atoms with Crippen molar-refractivity contribution in [2.75, 3.05) is 19.4 Å². The summed E-state index contributed by atoms with van der Waals surface area (Å²) in [4.78, 5) is 16.6. The molecule has 2 aromatic carbocycles. The number of rotatable bonds is 5. The molecule has 136 valence electrons. The molecule has 1 aromatic heterocycles. The van der Waals surface area contributed by atoms with E-state index in [0.29, 0.717) is 20.9 Å². The van der Waals surface area contributed by atoms with Crippen LogP contribution in [0.5, 0.6) is 0 Å². The summed E-state index contributed by atoms with van der Waals surface area (Å²) in [5, 5.41) is 3.07. The highest BCUT2D eigenvalue weighted by Gasteiger charge is 2.18. The zero-order valence-electron chi connectivity index (χ0n) is 14.1. The SMILES string of the molecule is CN(C)S(=O)(=O)c1ccc2nc(NC(=O)Cc3ccc(F)cc3)sc2c1. The maximum Gasteiger partial charge on any atom is 0.242 e. The monoisotopic (exact) mass is 393 g/mol. The Morgan fingerprint density at radius 1 is 1.19 bits per heavy atom. The van der Waals surface area contributed by atoms with Crippen LogP contribution in [0, 0.1) is 5.82 Å². The summed E-state index contributed by atoms with van der Waals surface area (Å²) in [5.74, 6) is -0.638. The second kappa shape index (κ2) is 7.10. The van der Waals surface area contributed by atoms with Gasteiger partial charge < -0.3 is 5.32 Å². The number of carbonyl (C=O) groups is 1. The van der Waals surface area contributed by atoms with Crippen LogP contribution in [-0.2, 0) is 21.2 Å². The second-order valence-corrected chi connectivity index (χ2v) is 8.97. The average molecular weight is 393 g/mol. The summed E-state index contributed by atoms with van der Waals surface area (Å²) >= 11 is 1.19. The summed E-state index contributed by atoms with van der Waals surface area (Å²) in [6, 6.07) is 10.3. The maximum absolute atomic E-state index is 12.9. The van der Waals surface area contributed by atoms with Crippen molar-refractivity contribution >= 4 is 42.6 Å². The predicted molar refractivity (Wildman–Crippen MR) is 99.2 cm³/mol. The first kappa shape index (κ1) is 18.4. The normalized spacial score (nSPS) is 11.8. The average Bonchev–Trinajstić information content (AvgIpc) is 2.97. The highest BCUT2D eigenvalue weighted by atomic mass is 32.2. The zero-order chi connectivity index (χ0) is 18.9. The first-order valence-electron chi connectivity index (χ1n) is 7.63. The molecule has 3 rings (SSSR count). The number of hydrogen-bond acceptors (Lipinski definition) is 5. The molecule has 3 aromatic rings. The van der Waals surface area contributed by atoms with Crippen LogP contribution in [-0.4, -0.2) is 37.7 Å². The summed E-state index contributed by atoms with van der Waals surface area (Å²) in [5.41, 5.74) is 1.29. The number of amides is 1. The van der Waals surface area contributed by atoms with E-state index in [-0.39, 0.29) is 23.0 Å². The van der Waals surface area contributed by atoms with Gasteiger partial charge in [-0.3, -0.25) is 4.79 Å². The summed E-state index contributed by atoms with van der Waals surface area (Å²) in [7, 11) is -0.601. The van der Waals surface area contributed by atoms with Crippen LogP contribution < -0.4 is 5.32 Å². The Hall–Kier alpha value is -2.36. The first-order chi connectivity index (χ1) is 12.3. The lowest BCUT2D eigenvalue weighted by Crippen LogP contribution is -2.22. The molecule has 9 heteroatoms. The van der Waals surface area contributed by atoms with E-state index in [2.05, 4.69) is 10.3 Å². The third kappa shape index (κ3) is 3.90. The number of aromatic nitrogens is 1. The molecule has 0 aliphatic rings. The number of hydrogen-bond donors (Lipinski definition) is 1. The number of carbonyl (C=O) groups excluding carboxylic acids is 1. The van der Waals surface area contributed by atoms with Crippen molar-refractivity contribution < 1.29 is 17.6 Å². The molecule has 0 aliphatic heterocycles. The fraction of sp³-hybridized carbons (Fsp3) is 0.176. The van der Waals surface area contributed by atoms with Gasteiger partial charge in [0.2, 0.25) is 15.9 Å². The van der Waals surface area contributed by atoms with Gasteiger partial charge in [-0.05, 0) is 35.9 Å². The van der Waals surface area contributed by atoms with Gasteiger partial charge in [0.1, 0.15) is 5.82 Å². The lowest BCUT2D eigenvalue weighted by atomic mass is 10.1. The predicted octanol–water partition coefficient (Wildman–Crippen LogP) is 2.87. The van der Waals surface area contributed by atoms with Gasteiger partial charge in [0.15, 0.2) is 5.13 Å². The summed E-state index contributed by atoms with van der Waals surface area (Å²) in [6.45, 7) is 0. The molecule has 6 nitrogen and oxygen atoms in total. The van der Waals surface area contributed by atoms with Gasteiger partial charge in [-0.1, -0.05) is 23.5 Å². The number of nitrogens with one attached hydrogen (secondary N) is 1. The van der Waals surface area contributed by atoms with Crippen molar-refractivity contribution in [1.29, 1.82) is 0 Å². The fourth-order valence-corrected chi connectivity index (χ4v) is 4.21. The van der Waals surface area contributed by atoms with Crippen LogP contribution in [0.15, 0.2) is 47.4 Å². The van der Waals surface area contributed by atoms with Crippen LogP contribution in [0.3, 0.4) is 0 Å². The number of fused-ring (bicyclic) bond motifs is 1. The molecule has 0 atom stereocenters. The number of halogens is 1. The number of thiazole rings is 1. The molecule has 0 saturated carbocycles. The van der Waals surface area contributed by atoms with Crippen molar-refractivity contribution in [3.63, 3.8) is 0 Å². The van der Waals surface area contributed by atoms with E-state index in [9.17, 15) is 17.6 Å². The minimum atomic E-state index is -3.53. The molecular formula is C17H16FN3O3S2. The van der Waals surface area contributed by atoms with Gasteiger partial charge in [0, 0.05) is 14.1 Å². The Morgan fingerprint density at radius 2 is 1.88 bits per heavy atom. The minimum absolute atomic E-state index is 0.0937. The van der Waals surface area contributed by atoms with Crippen LogP contribution >= 0.6 is 11.3 Å². The van der Waals surface area contributed by atoms with Crippen molar-refractivity contribution in [2.24, 2.45) is 0 Å². The van der Waals surface area contributed by atoms with Crippen molar-refractivity contribution in [1.82, 2.24) is 9.29 Å². The second-order valence-electron chi connectivity index (χ2n) is 5.79. The molecule has 1 amide bonds. The largest absolute Gasteiger partial charge is 0.302 e. The minimum Gasteiger partial charge on any atom is -0.302 e. The van der Waals surface area contributed by atoms with Gasteiger partial charge in [-0.2, -0.15) is 0 Å². The van der Waals surface area contributed by atoms with Crippen LogP contribution in [0.4, 0.5) is 9.52 Å². The molecule has 0 aliphatic carbocycles. The highest BCUT2D eigenvalue weighted by Crippen LogP contribution is 2.29. The van der Waals surface area contributed by atoms with E-state index in [1.165, 1.54) is 49.7 Å². The quantitative estimate of drug-likeness (QED) is 0.723. The number of sulfonamides is 1. The molecule has 1 N–H and O–H groups in total. The number of benzene rings is 2. The van der Waals surface area contributed by atoms with E-state index < -0.39 is 10.0 Å². The maximum atomic E-state index is 12.9. The van der Waals surface area contributed by atoms with Crippen LogP contribution in [0.25, 0.3) is 10.2 Å². The van der Waals surface area contributed by atoms with Gasteiger partial charge in [0.25, 0.3) is 0 Å². The van der Waals surface area contributed by atoms with E-state index in [1.54, 1.807) is 18.2 Å². The van der Waals surface area contributed by atoms with E-state index in [0.717, 1.165) is 4.31 Å². The van der Waals surface area contributed by atoms with Gasteiger partial charge in [-0.25, -0.2) is 22.1 Å². The van der Waals surface area contributed by atoms with Gasteiger partial charge in [-0.15, -0.1) is 0 Å². The molecule has 1 heterocycles. The third-order valence-corrected chi connectivity index (χ3v) is 6.41. The van der Waals surface area contributed by atoms with Crippen molar-refractivity contribution in [3.05, 3.63) is 53.8 Å². The van der Waals surface area contributed by atoms with Crippen molar-refractivity contribution in [2.45, 2.75) is 11.3 Å². The van der Waals surface area contributed by atoms with Crippen LogP contribution in [0.1, 0.15) is 5.56 Å². The lowest BCUT2D eigenvalue weighted by molar-refractivity contribution is -0.115. The Kier molecular flexibility index (Phi) is 5.03. The van der Waals surface area contributed by atoms with E-state index in [1.807, 2.05) is 0 Å². The molecule has 0 spiro atoms. The highest BCUT2D eigenvalue weighted by molar-refractivity contribution is 7.89. The van der Waals surface area contributed by atoms with Gasteiger partial charge in [0.05, 0.1) is 21.5 Å². The summed E-state index contributed by atoms with van der Waals surface area (Å²) < 4.78 is 39.1. The Bertz CT molecular complexity index is 1060. The Labute approximate surface area is 154 Å². The Morgan fingerprint density at radius 3 is 2.54 bits per heavy atom. The summed E-state index contributed by atoms with van der Waals surface area (Å²) in [6.07, 6.45) is 0.0937. The zero-order valence-corrected chi connectivity index (χ0v) is 15.7. The lowest BCUT2D eigenvalue weighted by Gasteiger charge is -2.10. The van der Waals surface area contributed by atoms with Crippen molar-refractivity contribution in [3.8, 4) is 0 Å². The molecule has 0 bridgehead atoms. The molecule has 0 unspecified atom stereocenters. The molecule has 0 fully saturated rings. The standard InChI is InChI=1S/C17H16FN3O3S2/c1-21(2)26(23,24)13-7-8-14-15(10-13)25-17(19-14)20-16(22)9-11-3-5-12(18)6-4-11/h3-8,10H,9H2,1-2H3,(H,19,20,22). The Balaban J connectivity index is 1.78. The van der Waals surface area contributed by atoms with Gasteiger partial charge >= 0.3 is 0 Å².